The lowest BCUT2D eigenvalue weighted by molar-refractivity contribution is 0.0691. The molecule has 0 unspecified atom stereocenters. The Kier molecular flexibility index (Phi) is 3.40. The van der Waals surface area contributed by atoms with Gasteiger partial charge in [-0.05, 0) is 38.5 Å². The molecule has 6 heteroatoms. The number of benzene rings is 1. The van der Waals surface area contributed by atoms with Crippen molar-refractivity contribution in [1.82, 2.24) is 10.2 Å². The number of carboxylic acid groups (broad SMARTS) is 1. The van der Waals surface area contributed by atoms with E-state index < -0.39 is 11.5 Å². The smallest absolute Gasteiger partial charge is 0.354 e. The fraction of sp³-hybridized carbons (Fsp3) is 0.286. The summed E-state index contributed by atoms with van der Waals surface area (Å²) in [5.41, 5.74) is -0.309. The van der Waals surface area contributed by atoms with Gasteiger partial charge in [0.05, 0.1) is 5.56 Å². The Labute approximate surface area is 115 Å². The van der Waals surface area contributed by atoms with Crippen LogP contribution in [0.2, 0.25) is 0 Å². The van der Waals surface area contributed by atoms with Gasteiger partial charge in [-0.2, -0.15) is 0 Å². The summed E-state index contributed by atoms with van der Waals surface area (Å²) in [6.07, 6.45) is 0. The average Bonchev–Trinajstić information content (AvgIpc) is 2.70. The van der Waals surface area contributed by atoms with Gasteiger partial charge in [-0.25, -0.2) is 4.79 Å². The predicted molar refractivity (Wildman–Crippen MR) is 74.2 cm³/mol. The van der Waals surface area contributed by atoms with E-state index in [-0.39, 0.29) is 16.9 Å². The third-order valence-electron chi connectivity index (χ3n) is 2.56. The number of ether oxygens (including phenoxy) is 1. The van der Waals surface area contributed by atoms with Gasteiger partial charge >= 0.3 is 5.97 Å². The minimum absolute atomic E-state index is 0.111. The number of aromatic amines is 2. The van der Waals surface area contributed by atoms with Crippen LogP contribution < -0.4 is 10.3 Å². The molecule has 0 aliphatic rings. The Morgan fingerprint density at radius 3 is 2.25 bits per heavy atom. The van der Waals surface area contributed by atoms with Gasteiger partial charge in [0, 0.05) is 0 Å². The first-order valence-electron chi connectivity index (χ1n) is 6.11. The zero-order valence-corrected chi connectivity index (χ0v) is 11.5. The number of H-pyrrole nitrogens is 2. The van der Waals surface area contributed by atoms with Gasteiger partial charge in [0.1, 0.15) is 11.4 Å². The molecule has 0 atom stereocenters. The van der Waals surface area contributed by atoms with Crippen LogP contribution in [0.25, 0.3) is 11.1 Å². The lowest BCUT2D eigenvalue weighted by Gasteiger charge is -2.21. The summed E-state index contributed by atoms with van der Waals surface area (Å²) in [7, 11) is 0. The summed E-state index contributed by atoms with van der Waals surface area (Å²) < 4.78 is 5.67. The van der Waals surface area contributed by atoms with Crippen molar-refractivity contribution in [2.75, 3.05) is 0 Å². The molecule has 106 valence electrons. The maximum atomic E-state index is 11.7. The zero-order chi connectivity index (χ0) is 14.9. The number of aromatic carboxylic acids is 1. The van der Waals surface area contributed by atoms with Crippen molar-refractivity contribution in [2.45, 2.75) is 26.4 Å². The van der Waals surface area contributed by atoms with Crippen molar-refractivity contribution >= 4 is 5.97 Å². The summed E-state index contributed by atoms with van der Waals surface area (Å²) in [4.78, 5) is 22.7. The molecule has 0 fully saturated rings. The van der Waals surface area contributed by atoms with Crippen LogP contribution in [0.15, 0.2) is 29.1 Å². The van der Waals surface area contributed by atoms with E-state index in [1.54, 1.807) is 24.3 Å². The number of hydrogen-bond acceptors (Lipinski definition) is 3. The van der Waals surface area contributed by atoms with Crippen molar-refractivity contribution in [3.05, 3.63) is 40.3 Å². The Morgan fingerprint density at radius 1 is 1.15 bits per heavy atom. The molecule has 0 bridgehead atoms. The highest BCUT2D eigenvalue weighted by Crippen LogP contribution is 2.24. The van der Waals surface area contributed by atoms with Crippen LogP contribution in [-0.4, -0.2) is 26.9 Å². The Balaban J connectivity index is 2.38. The minimum Gasteiger partial charge on any atom is -0.488 e. The Morgan fingerprint density at radius 2 is 1.75 bits per heavy atom. The van der Waals surface area contributed by atoms with Gasteiger partial charge in [0.25, 0.3) is 5.56 Å². The van der Waals surface area contributed by atoms with Crippen LogP contribution in [-0.2, 0) is 0 Å². The largest absolute Gasteiger partial charge is 0.488 e. The fourth-order valence-electron chi connectivity index (χ4n) is 1.84. The van der Waals surface area contributed by atoms with E-state index in [4.69, 9.17) is 9.84 Å². The lowest BCUT2D eigenvalue weighted by atomic mass is 10.1. The van der Waals surface area contributed by atoms with Crippen molar-refractivity contribution in [1.29, 1.82) is 0 Å². The third kappa shape index (κ3) is 2.90. The summed E-state index contributed by atoms with van der Waals surface area (Å²) >= 11 is 0. The van der Waals surface area contributed by atoms with E-state index in [1.165, 1.54) is 0 Å². The molecule has 3 N–H and O–H groups in total. The van der Waals surface area contributed by atoms with Crippen LogP contribution >= 0.6 is 0 Å². The number of carboxylic acids is 1. The van der Waals surface area contributed by atoms with Gasteiger partial charge in [-0.15, -0.1) is 0 Å². The van der Waals surface area contributed by atoms with Crippen LogP contribution in [0.5, 0.6) is 5.75 Å². The number of aromatic nitrogens is 2. The molecule has 1 aromatic carbocycles. The second-order valence-electron chi connectivity index (χ2n) is 5.37. The summed E-state index contributed by atoms with van der Waals surface area (Å²) in [5, 5.41) is 13.7. The molecule has 0 saturated heterocycles. The highest BCUT2D eigenvalue weighted by Gasteiger charge is 2.18. The topological polar surface area (TPSA) is 95.2 Å². The Hall–Kier alpha value is -2.50. The molecule has 2 aromatic rings. The highest BCUT2D eigenvalue weighted by atomic mass is 16.5. The standard InChI is InChI=1S/C14H16N2O4/c1-14(2,3)20-9-6-4-8(5-7-9)10-11(13(18)19)15-16-12(10)17/h4-7H,1-3H3,(H,18,19)(H2,15,16,17). The lowest BCUT2D eigenvalue weighted by Crippen LogP contribution is -2.22. The fourth-order valence-corrected chi connectivity index (χ4v) is 1.84. The van der Waals surface area contributed by atoms with E-state index in [2.05, 4.69) is 10.2 Å². The maximum absolute atomic E-state index is 11.7. The van der Waals surface area contributed by atoms with Crippen molar-refractivity contribution in [3.8, 4) is 16.9 Å². The SMILES string of the molecule is CC(C)(C)Oc1ccc(-c2c(C(=O)O)[nH][nH]c2=O)cc1. The van der Waals surface area contributed by atoms with E-state index in [0.29, 0.717) is 11.3 Å². The first-order valence-corrected chi connectivity index (χ1v) is 6.11. The molecular formula is C14H16N2O4. The van der Waals surface area contributed by atoms with Crippen molar-refractivity contribution in [3.63, 3.8) is 0 Å². The molecule has 2 rings (SSSR count). The van der Waals surface area contributed by atoms with Gasteiger partial charge < -0.3 is 9.84 Å². The van der Waals surface area contributed by atoms with Gasteiger partial charge in [-0.3, -0.25) is 15.0 Å². The van der Waals surface area contributed by atoms with Gasteiger partial charge in [0.15, 0.2) is 5.69 Å². The van der Waals surface area contributed by atoms with Gasteiger partial charge in [-0.1, -0.05) is 12.1 Å². The number of rotatable bonds is 3. The average molecular weight is 276 g/mol. The van der Waals surface area contributed by atoms with Crippen molar-refractivity contribution < 1.29 is 14.6 Å². The number of carbonyl (C=O) groups is 1. The first kappa shape index (κ1) is 13.9. The number of hydrogen-bond donors (Lipinski definition) is 3. The monoisotopic (exact) mass is 276 g/mol. The van der Waals surface area contributed by atoms with Crippen LogP contribution in [0.1, 0.15) is 31.3 Å². The van der Waals surface area contributed by atoms with Gasteiger partial charge in [0.2, 0.25) is 0 Å². The van der Waals surface area contributed by atoms with E-state index in [0.717, 1.165) is 0 Å². The van der Waals surface area contributed by atoms with Crippen LogP contribution in [0.3, 0.4) is 0 Å². The molecular weight excluding hydrogens is 260 g/mol. The normalized spacial score (nSPS) is 11.3. The molecule has 0 aliphatic carbocycles. The molecule has 0 amide bonds. The second-order valence-corrected chi connectivity index (χ2v) is 5.37. The molecule has 1 heterocycles. The Bertz CT molecular complexity index is 674. The molecule has 0 aliphatic heterocycles. The highest BCUT2D eigenvalue weighted by molar-refractivity contribution is 5.93. The maximum Gasteiger partial charge on any atom is 0.354 e. The van der Waals surface area contributed by atoms with Crippen LogP contribution in [0.4, 0.5) is 0 Å². The molecule has 1 aromatic heterocycles. The summed E-state index contributed by atoms with van der Waals surface area (Å²) in [5.74, 6) is -0.529. The zero-order valence-electron chi connectivity index (χ0n) is 11.5. The molecule has 6 nitrogen and oxygen atoms in total. The van der Waals surface area contributed by atoms with E-state index >= 15 is 0 Å². The predicted octanol–water partition coefficient (Wildman–Crippen LogP) is 2.25. The molecule has 0 saturated carbocycles. The third-order valence-corrected chi connectivity index (χ3v) is 2.56. The molecule has 0 spiro atoms. The summed E-state index contributed by atoms with van der Waals surface area (Å²) in [6, 6.07) is 6.73. The van der Waals surface area contributed by atoms with E-state index in [1.807, 2.05) is 20.8 Å². The second kappa shape index (κ2) is 4.88. The molecule has 20 heavy (non-hydrogen) atoms. The van der Waals surface area contributed by atoms with E-state index in [9.17, 15) is 9.59 Å². The van der Waals surface area contributed by atoms with Crippen LogP contribution in [0, 0.1) is 0 Å². The summed E-state index contributed by atoms with van der Waals surface area (Å²) in [6.45, 7) is 5.79. The number of nitrogens with one attached hydrogen (secondary N) is 2. The van der Waals surface area contributed by atoms with Crippen molar-refractivity contribution in [2.24, 2.45) is 0 Å². The molecule has 0 radical (unpaired) electrons. The minimum atomic E-state index is -1.19. The first-order chi connectivity index (χ1) is 9.28. The quantitative estimate of drug-likeness (QED) is 0.801.